The van der Waals surface area contributed by atoms with Crippen molar-refractivity contribution in [2.45, 2.75) is 44.6 Å². The van der Waals surface area contributed by atoms with Crippen molar-refractivity contribution in [1.29, 1.82) is 5.26 Å². The number of nitrogens with zero attached hydrogens (tertiary/aromatic N) is 5. The Hall–Kier alpha value is -2.46. The molecule has 0 amide bonds. The van der Waals surface area contributed by atoms with E-state index in [9.17, 15) is 0 Å². The molecule has 0 saturated heterocycles. The maximum absolute atomic E-state index is 8.68. The SMILES string of the molecule is CCC1CC(OCCC#N)CC1c1nnc2cnc3[nH]ccc3n12. The molecule has 124 valence electrons. The van der Waals surface area contributed by atoms with Crippen LogP contribution in [-0.2, 0) is 4.74 Å². The first-order valence-electron chi connectivity index (χ1n) is 8.47. The lowest BCUT2D eigenvalue weighted by Crippen LogP contribution is -2.10. The van der Waals surface area contributed by atoms with Gasteiger partial charge in [0.05, 0.1) is 36.9 Å². The Bertz CT molecular complexity index is 891. The standard InChI is InChI=1S/C17H20N6O/c1-2-11-8-12(24-7-3-5-18)9-13(11)17-22-21-15-10-20-16-14(23(15)17)4-6-19-16/h4,6,10-13,19H,2-3,7-9H2,1H3. The number of fused-ring (bicyclic) bond motifs is 3. The first-order valence-corrected chi connectivity index (χ1v) is 8.47. The molecule has 3 atom stereocenters. The Labute approximate surface area is 139 Å². The van der Waals surface area contributed by atoms with Crippen LogP contribution in [0.15, 0.2) is 18.5 Å². The van der Waals surface area contributed by atoms with E-state index in [1.165, 1.54) is 0 Å². The Balaban J connectivity index is 1.68. The van der Waals surface area contributed by atoms with Gasteiger partial charge in [0.2, 0.25) is 0 Å². The number of aromatic amines is 1. The largest absolute Gasteiger partial charge is 0.377 e. The average molecular weight is 324 g/mol. The maximum Gasteiger partial charge on any atom is 0.179 e. The van der Waals surface area contributed by atoms with Crippen molar-refractivity contribution in [3.63, 3.8) is 0 Å². The highest BCUT2D eigenvalue weighted by Gasteiger charge is 2.37. The highest BCUT2D eigenvalue weighted by molar-refractivity contribution is 5.74. The van der Waals surface area contributed by atoms with Crippen LogP contribution in [0.5, 0.6) is 0 Å². The molecule has 0 aliphatic heterocycles. The van der Waals surface area contributed by atoms with Crippen LogP contribution in [0.4, 0.5) is 0 Å². The van der Waals surface area contributed by atoms with Gasteiger partial charge in [0.15, 0.2) is 11.3 Å². The minimum atomic E-state index is 0.198. The van der Waals surface area contributed by atoms with Gasteiger partial charge < -0.3 is 9.72 Å². The predicted molar refractivity (Wildman–Crippen MR) is 88.4 cm³/mol. The van der Waals surface area contributed by atoms with Crippen molar-refractivity contribution >= 4 is 16.8 Å². The van der Waals surface area contributed by atoms with Gasteiger partial charge in [0.1, 0.15) is 5.82 Å². The second-order valence-corrected chi connectivity index (χ2v) is 6.37. The number of ether oxygens (including phenoxy) is 1. The van der Waals surface area contributed by atoms with Crippen LogP contribution in [0.1, 0.15) is 44.3 Å². The smallest absolute Gasteiger partial charge is 0.179 e. The molecule has 3 heterocycles. The molecule has 1 fully saturated rings. The third kappa shape index (κ3) is 2.43. The lowest BCUT2D eigenvalue weighted by Gasteiger charge is -2.15. The summed E-state index contributed by atoms with van der Waals surface area (Å²) in [6.45, 7) is 2.73. The van der Waals surface area contributed by atoms with Gasteiger partial charge in [-0.05, 0) is 24.8 Å². The Morgan fingerprint density at radius 1 is 1.42 bits per heavy atom. The Kier molecular flexibility index (Phi) is 3.90. The highest BCUT2D eigenvalue weighted by atomic mass is 16.5. The summed E-state index contributed by atoms with van der Waals surface area (Å²) in [5, 5.41) is 17.5. The quantitative estimate of drug-likeness (QED) is 0.729. The van der Waals surface area contributed by atoms with E-state index in [-0.39, 0.29) is 6.10 Å². The first kappa shape index (κ1) is 15.1. The number of H-pyrrole nitrogens is 1. The van der Waals surface area contributed by atoms with Gasteiger partial charge in [0.25, 0.3) is 0 Å². The zero-order valence-corrected chi connectivity index (χ0v) is 13.6. The summed E-state index contributed by atoms with van der Waals surface area (Å²) in [4.78, 5) is 7.52. The van der Waals surface area contributed by atoms with E-state index < -0.39 is 0 Å². The average Bonchev–Trinajstić information content (AvgIpc) is 3.31. The van der Waals surface area contributed by atoms with Crippen molar-refractivity contribution in [2.24, 2.45) is 5.92 Å². The molecule has 3 aromatic rings. The Morgan fingerprint density at radius 3 is 3.17 bits per heavy atom. The molecule has 7 nitrogen and oxygen atoms in total. The van der Waals surface area contributed by atoms with Gasteiger partial charge in [-0.3, -0.25) is 4.40 Å². The molecule has 1 saturated carbocycles. The van der Waals surface area contributed by atoms with Gasteiger partial charge in [0, 0.05) is 12.1 Å². The summed E-state index contributed by atoms with van der Waals surface area (Å²) in [7, 11) is 0. The highest BCUT2D eigenvalue weighted by Crippen LogP contribution is 2.42. The van der Waals surface area contributed by atoms with Crippen LogP contribution in [-0.4, -0.2) is 37.3 Å². The van der Waals surface area contributed by atoms with Crippen LogP contribution >= 0.6 is 0 Å². The van der Waals surface area contributed by atoms with Crippen molar-refractivity contribution in [3.05, 3.63) is 24.3 Å². The molecule has 0 radical (unpaired) electrons. The number of nitriles is 1. The second kappa shape index (κ2) is 6.21. The molecule has 24 heavy (non-hydrogen) atoms. The lowest BCUT2D eigenvalue weighted by atomic mass is 9.93. The fraction of sp³-hybridized carbons (Fsp3) is 0.529. The van der Waals surface area contributed by atoms with E-state index in [1.54, 1.807) is 6.20 Å². The molecular weight excluding hydrogens is 304 g/mol. The van der Waals surface area contributed by atoms with Gasteiger partial charge in [-0.15, -0.1) is 10.2 Å². The van der Waals surface area contributed by atoms with Crippen LogP contribution in [0.3, 0.4) is 0 Å². The number of nitrogens with one attached hydrogen (secondary N) is 1. The number of rotatable bonds is 5. The number of aromatic nitrogens is 5. The van der Waals surface area contributed by atoms with Crippen molar-refractivity contribution in [1.82, 2.24) is 24.6 Å². The van der Waals surface area contributed by atoms with Gasteiger partial charge in [-0.25, -0.2) is 4.98 Å². The van der Waals surface area contributed by atoms with Crippen LogP contribution in [0.2, 0.25) is 0 Å². The van der Waals surface area contributed by atoms with E-state index in [2.05, 4.69) is 37.6 Å². The molecule has 1 aliphatic carbocycles. The van der Waals surface area contributed by atoms with E-state index in [0.29, 0.717) is 24.9 Å². The van der Waals surface area contributed by atoms with Crippen molar-refractivity contribution in [3.8, 4) is 6.07 Å². The molecule has 1 aliphatic rings. The summed E-state index contributed by atoms with van der Waals surface area (Å²) < 4.78 is 8.00. The number of hydrogen-bond donors (Lipinski definition) is 1. The summed E-state index contributed by atoms with van der Waals surface area (Å²) in [5.41, 5.74) is 2.63. The molecule has 3 aromatic heterocycles. The summed E-state index contributed by atoms with van der Waals surface area (Å²) >= 11 is 0. The van der Waals surface area contributed by atoms with Gasteiger partial charge in [-0.1, -0.05) is 13.3 Å². The summed E-state index contributed by atoms with van der Waals surface area (Å²) in [6.07, 6.45) is 7.32. The first-order chi connectivity index (χ1) is 11.8. The number of hydrogen-bond acceptors (Lipinski definition) is 5. The van der Waals surface area contributed by atoms with E-state index in [4.69, 9.17) is 10.00 Å². The van der Waals surface area contributed by atoms with Crippen molar-refractivity contribution < 1.29 is 4.74 Å². The fourth-order valence-electron chi connectivity index (χ4n) is 3.89. The molecule has 7 heteroatoms. The fourth-order valence-corrected chi connectivity index (χ4v) is 3.89. The molecule has 3 unspecified atom stereocenters. The molecule has 1 N–H and O–H groups in total. The zero-order chi connectivity index (χ0) is 16.5. The van der Waals surface area contributed by atoms with Crippen LogP contribution < -0.4 is 0 Å². The van der Waals surface area contributed by atoms with Crippen molar-refractivity contribution in [2.75, 3.05) is 6.61 Å². The predicted octanol–water partition coefficient (Wildman–Crippen LogP) is 2.81. The minimum absolute atomic E-state index is 0.198. The molecule has 4 rings (SSSR count). The van der Waals surface area contributed by atoms with Gasteiger partial charge in [-0.2, -0.15) is 5.26 Å². The van der Waals surface area contributed by atoms with E-state index in [0.717, 1.165) is 41.9 Å². The Morgan fingerprint density at radius 2 is 2.33 bits per heavy atom. The van der Waals surface area contributed by atoms with E-state index >= 15 is 0 Å². The zero-order valence-electron chi connectivity index (χ0n) is 13.6. The van der Waals surface area contributed by atoms with Crippen LogP contribution in [0.25, 0.3) is 16.8 Å². The minimum Gasteiger partial charge on any atom is -0.377 e. The molecule has 0 bridgehead atoms. The topological polar surface area (TPSA) is 91.9 Å². The second-order valence-electron chi connectivity index (χ2n) is 6.37. The molecule has 0 spiro atoms. The third-order valence-electron chi connectivity index (χ3n) is 5.04. The lowest BCUT2D eigenvalue weighted by molar-refractivity contribution is 0.0588. The van der Waals surface area contributed by atoms with Crippen LogP contribution in [0, 0.1) is 17.2 Å². The van der Waals surface area contributed by atoms with Gasteiger partial charge >= 0.3 is 0 Å². The van der Waals surface area contributed by atoms with E-state index in [1.807, 2.05) is 12.3 Å². The molecule has 0 aromatic carbocycles. The monoisotopic (exact) mass is 324 g/mol. The normalized spacial score (nSPS) is 23.9. The summed E-state index contributed by atoms with van der Waals surface area (Å²) in [6, 6.07) is 4.15. The third-order valence-corrected chi connectivity index (χ3v) is 5.04. The molecular formula is C17H20N6O. The summed E-state index contributed by atoms with van der Waals surface area (Å²) in [5.74, 6) is 1.83. The maximum atomic E-state index is 8.68.